The zero-order chi connectivity index (χ0) is 19.6. The molecule has 2 rings (SSSR count). The van der Waals surface area contributed by atoms with Crippen LogP contribution in [-0.4, -0.2) is 54.6 Å². The summed E-state index contributed by atoms with van der Waals surface area (Å²) < 4.78 is 10.4. The number of likely N-dealkylation sites (tertiary alicyclic amines) is 1. The number of rotatable bonds is 9. The summed E-state index contributed by atoms with van der Waals surface area (Å²) in [6, 6.07) is 5.01. The predicted octanol–water partition coefficient (Wildman–Crippen LogP) is 3.04. The molecule has 1 aliphatic heterocycles. The van der Waals surface area contributed by atoms with Gasteiger partial charge in [0, 0.05) is 13.0 Å². The first-order valence-corrected chi connectivity index (χ1v) is 9.59. The Balaban J connectivity index is 1.76. The number of carbonyl (C=O) groups excluding carboxylic acids is 2. The van der Waals surface area contributed by atoms with E-state index in [0.29, 0.717) is 31.9 Å². The van der Waals surface area contributed by atoms with Crippen LogP contribution in [0.3, 0.4) is 0 Å². The minimum Gasteiger partial charge on any atom is -0.504 e. The largest absolute Gasteiger partial charge is 0.504 e. The van der Waals surface area contributed by atoms with Crippen LogP contribution in [0.15, 0.2) is 24.3 Å². The van der Waals surface area contributed by atoms with E-state index in [9.17, 15) is 14.7 Å². The summed E-state index contributed by atoms with van der Waals surface area (Å²) in [5, 5.41) is 9.70. The van der Waals surface area contributed by atoms with Crippen LogP contribution >= 0.6 is 0 Å². The average molecular weight is 375 g/mol. The van der Waals surface area contributed by atoms with Gasteiger partial charge in [0.25, 0.3) is 0 Å². The molecule has 0 atom stereocenters. The fraction of sp³-hybridized carbons (Fsp3) is 0.524. The number of piperidine rings is 1. The minimum atomic E-state index is -0.100. The first-order valence-electron chi connectivity index (χ1n) is 9.59. The van der Waals surface area contributed by atoms with Crippen molar-refractivity contribution in [2.45, 2.75) is 33.1 Å². The van der Waals surface area contributed by atoms with E-state index in [2.05, 4.69) is 4.90 Å². The van der Waals surface area contributed by atoms with Crippen LogP contribution in [0.25, 0.3) is 6.08 Å². The van der Waals surface area contributed by atoms with Crippen molar-refractivity contribution in [1.29, 1.82) is 0 Å². The van der Waals surface area contributed by atoms with Gasteiger partial charge in [0.15, 0.2) is 17.3 Å². The highest BCUT2D eigenvalue weighted by Gasteiger charge is 2.25. The van der Waals surface area contributed by atoms with Crippen molar-refractivity contribution >= 4 is 17.8 Å². The van der Waals surface area contributed by atoms with Gasteiger partial charge < -0.3 is 19.5 Å². The molecule has 0 unspecified atom stereocenters. The number of ketones is 1. The van der Waals surface area contributed by atoms with Gasteiger partial charge in [0.2, 0.25) is 0 Å². The zero-order valence-corrected chi connectivity index (χ0v) is 16.1. The molecule has 0 radical (unpaired) electrons. The highest BCUT2D eigenvalue weighted by Crippen LogP contribution is 2.27. The summed E-state index contributed by atoms with van der Waals surface area (Å²) in [5.74, 6) is 0.443. The van der Waals surface area contributed by atoms with Crippen molar-refractivity contribution in [3.63, 3.8) is 0 Å². The summed E-state index contributed by atoms with van der Waals surface area (Å²) >= 11 is 0. The predicted molar refractivity (Wildman–Crippen MR) is 104 cm³/mol. The maximum atomic E-state index is 12.1. The monoisotopic (exact) mass is 375 g/mol. The normalized spacial score (nSPS) is 15.8. The molecule has 1 N–H and O–H groups in total. The Kier molecular flexibility index (Phi) is 8.33. The number of hydrogen-bond donors (Lipinski definition) is 1. The van der Waals surface area contributed by atoms with E-state index in [-0.39, 0.29) is 23.4 Å². The van der Waals surface area contributed by atoms with Gasteiger partial charge in [-0.3, -0.25) is 9.59 Å². The standard InChI is InChI=1S/C21H29NO5/c1-3-26-20-15-16(6-8-19(20)24)5-7-18(23)11-14-22-12-9-17(10-13-22)21(25)27-4-2/h5-8,15,17,24H,3-4,9-14H2,1-2H3/b7-5+. The molecule has 1 heterocycles. The topological polar surface area (TPSA) is 76.1 Å². The van der Waals surface area contributed by atoms with Crippen LogP contribution in [-0.2, 0) is 14.3 Å². The van der Waals surface area contributed by atoms with Crippen LogP contribution in [0, 0.1) is 5.92 Å². The van der Waals surface area contributed by atoms with Gasteiger partial charge in [-0.2, -0.15) is 0 Å². The quantitative estimate of drug-likeness (QED) is 0.528. The summed E-state index contributed by atoms with van der Waals surface area (Å²) in [6.07, 6.45) is 5.31. The third-order valence-electron chi connectivity index (χ3n) is 4.63. The Morgan fingerprint density at radius 1 is 1.22 bits per heavy atom. The second-order valence-corrected chi connectivity index (χ2v) is 6.58. The highest BCUT2D eigenvalue weighted by molar-refractivity contribution is 5.93. The van der Waals surface area contributed by atoms with Gasteiger partial charge in [0.1, 0.15) is 0 Å². The summed E-state index contributed by atoms with van der Waals surface area (Å²) in [6.45, 7) is 6.88. The first kappa shape index (κ1) is 21.0. The lowest BCUT2D eigenvalue weighted by atomic mass is 9.97. The lowest BCUT2D eigenvalue weighted by Crippen LogP contribution is -2.37. The maximum Gasteiger partial charge on any atom is 0.309 e. The van der Waals surface area contributed by atoms with Crippen molar-refractivity contribution in [1.82, 2.24) is 4.90 Å². The fourth-order valence-corrected chi connectivity index (χ4v) is 3.10. The molecule has 1 fully saturated rings. The maximum absolute atomic E-state index is 12.1. The molecule has 27 heavy (non-hydrogen) atoms. The molecule has 0 bridgehead atoms. The molecule has 0 aromatic heterocycles. The van der Waals surface area contributed by atoms with Crippen molar-refractivity contribution in [3.8, 4) is 11.5 Å². The third-order valence-corrected chi connectivity index (χ3v) is 4.63. The van der Waals surface area contributed by atoms with Crippen molar-refractivity contribution in [2.75, 3.05) is 32.8 Å². The van der Waals surface area contributed by atoms with E-state index in [4.69, 9.17) is 9.47 Å². The summed E-state index contributed by atoms with van der Waals surface area (Å²) in [4.78, 5) is 26.1. The molecule has 1 aromatic rings. The molecule has 0 spiro atoms. The average Bonchev–Trinajstić information content (AvgIpc) is 2.67. The minimum absolute atomic E-state index is 0.00849. The van der Waals surface area contributed by atoms with Crippen LogP contribution < -0.4 is 4.74 Å². The van der Waals surface area contributed by atoms with E-state index in [1.165, 1.54) is 0 Å². The summed E-state index contributed by atoms with van der Waals surface area (Å²) in [5.41, 5.74) is 0.805. The molecular formula is C21H29NO5. The van der Waals surface area contributed by atoms with E-state index in [1.54, 1.807) is 30.4 Å². The molecule has 0 amide bonds. The number of allylic oxidation sites excluding steroid dienone is 1. The number of aromatic hydroxyl groups is 1. The Bertz CT molecular complexity index is 663. The molecule has 0 aliphatic carbocycles. The number of carbonyl (C=O) groups is 2. The van der Waals surface area contributed by atoms with Gasteiger partial charge in [-0.25, -0.2) is 0 Å². The van der Waals surface area contributed by atoms with E-state index >= 15 is 0 Å². The van der Waals surface area contributed by atoms with Crippen molar-refractivity contribution in [2.24, 2.45) is 5.92 Å². The molecular weight excluding hydrogens is 346 g/mol. The van der Waals surface area contributed by atoms with Crippen molar-refractivity contribution in [3.05, 3.63) is 29.8 Å². The molecule has 6 heteroatoms. The first-order chi connectivity index (χ1) is 13.0. The van der Waals surface area contributed by atoms with Crippen LogP contribution in [0.1, 0.15) is 38.7 Å². The van der Waals surface area contributed by atoms with Gasteiger partial charge in [-0.15, -0.1) is 0 Å². The Morgan fingerprint density at radius 2 is 1.96 bits per heavy atom. The highest BCUT2D eigenvalue weighted by atomic mass is 16.5. The molecule has 1 aliphatic rings. The molecule has 0 saturated carbocycles. The number of benzene rings is 1. The lowest BCUT2D eigenvalue weighted by molar-refractivity contribution is -0.149. The number of ether oxygens (including phenoxy) is 2. The Labute approximate surface area is 160 Å². The number of nitrogens with zero attached hydrogens (tertiary/aromatic N) is 1. The van der Waals surface area contributed by atoms with Crippen LogP contribution in [0.5, 0.6) is 11.5 Å². The Hall–Kier alpha value is -2.34. The third kappa shape index (κ3) is 6.71. The number of phenols is 1. The second kappa shape index (κ2) is 10.7. The van der Waals surface area contributed by atoms with Crippen LogP contribution in [0.4, 0.5) is 0 Å². The van der Waals surface area contributed by atoms with Gasteiger partial charge in [0.05, 0.1) is 19.1 Å². The zero-order valence-electron chi connectivity index (χ0n) is 16.1. The van der Waals surface area contributed by atoms with Gasteiger partial charge >= 0.3 is 5.97 Å². The summed E-state index contributed by atoms with van der Waals surface area (Å²) in [7, 11) is 0. The van der Waals surface area contributed by atoms with E-state index in [1.807, 2.05) is 13.8 Å². The smallest absolute Gasteiger partial charge is 0.309 e. The number of hydrogen-bond acceptors (Lipinski definition) is 6. The van der Waals surface area contributed by atoms with Crippen molar-refractivity contribution < 1.29 is 24.2 Å². The Morgan fingerprint density at radius 3 is 2.63 bits per heavy atom. The molecule has 1 aromatic carbocycles. The van der Waals surface area contributed by atoms with Gasteiger partial charge in [-0.1, -0.05) is 12.1 Å². The number of phenolic OH excluding ortho intramolecular Hbond substituents is 1. The van der Waals surface area contributed by atoms with Gasteiger partial charge in [-0.05, 0) is 63.6 Å². The number of esters is 1. The van der Waals surface area contributed by atoms with E-state index < -0.39 is 0 Å². The fourth-order valence-electron chi connectivity index (χ4n) is 3.10. The van der Waals surface area contributed by atoms with Crippen LogP contribution in [0.2, 0.25) is 0 Å². The lowest BCUT2D eigenvalue weighted by Gasteiger charge is -2.30. The molecule has 148 valence electrons. The molecule has 6 nitrogen and oxygen atoms in total. The SMILES string of the molecule is CCOC(=O)C1CCN(CCC(=O)/C=C/c2ccc(O)c(OCC)c2)CC1. The van der Waals surface area contributed by atoms with E-state index in [0.717, 1.165) is 31.5 Å². The molecule has 1 saturated heterocycles. The second-order valence-electron chi connectivity index (χ2n) is 6.58.